The summed E-state index contributed by atoms with van der Waals surface area (Å²) in [5, 5.41) is 0. The molecule has 0 saturated carbocycles. The van der Waals surface area contributed by atoms with E-state index < -0.39 is 0 Å². The lowest BCUT2D eigenvalue weighted by molar-refractivity contribution is 1.19. The summed E-state index contributed by atoms with van der Waals surface area (Å²) in [7, 11) is 0. The van der Waals surface area contributed by atoms with Crippen LogP contribution in [0.15, 0.2) is 24.3 Å². The number of aromatic nitrogens is 2. The molecule has 0 atom stereocenters. The Kier molecular flexibility index (Phi) is 7.10. The predicted octanol–water partition coefficient (Wildman–Crippen LogP) is 4.29. The maximum Gasteiger partial charge on any atom is 0.0117 e. The summed E-state index contributed by atoms with van der Waals surface area (Å²) in [5.74, 6) is 0. The summed E-state index contributed by atoms with van der Waals surface area (Å²) < 4.78 is 0. The van der Waals surface area contributed by atoms with E-state index in [1.165, 1.54) is 22.8 Å². The van der Waals surface area contributed by atoms with Gasteiger partial charge in [0.1, 0.15) is 0 Å². The van der Waals surface area contributed by atoms with Crippen molar-refractivity contribution in [3.05, 3.63) is 47.0 Å². The molecule has 0 aliphatic rings. The highest BCUT2D eigenvalue weighted by Gasteiger charge is 1.82. The van der Waals surface area contributed by atoms with E-state index in [0.717, 1.165) is 0 Å². The topological polar surface area (TPSA) is 31.6 Å². The second-order valence-electron chi connectivity index (χ2n) is 3.65. The Hall–Kier alpha value is -1.44. The van der Waals surface area contributed by atoms with Crippen LogP contribution in [0.25, 0.3) is 0 Å². The number of nitrogens with one attached hydrogen (secondary N) is 2. The Morgan fingerprint density at radius 2 is 0.750 bits per heavy atom. The molecule has 90 valence electrons. The largest absolute Gasteiger partial charge is 0.363 e. The fraction of sp³-hybridized carbons (Fsp3) is 0.429. The molecular formula is C14H24N2. The lowest BCUT2D eigenvalue weighted by Crippen LogP contribution is -1.67. The van der Waals surface area contributed by atoms with Gasteiger partial charge in [-0.15, -0.1) is 0 Å². The Morgan fingerprint density at radius 1 is 0.562 bits per heavy atom. The van der Waals surface area contributed by atoms with Crippen molar-refractivity contribution in [1.82, 2.24) is 9.97 Å². The lowest BCUT2D eigenvalue weighted by atomic mass is 10.5. The van der Waals surface area contributed by atoms with Crippen LogP contribution in [0, 0.1) is 27.7 Å². The van der Waals surface area contributed by atoms with Gasteiger partial charge in [0.05, 0.1) is 0 Å². The molecule has 0 spiro atoms. The highest BCUT2D eigenvalue weighted by Crippen LogP contribution is 1.96. The molecule has 2 nitrogen and oxygen atoms in total. The normalized spacial score (nSPS) is 8.62. The molecule has 0 bridgehead atoms. The van der Waals surface area contributed by atoms with E-state index >= 15 is 0 Å². The highest BCUT2D eigenvalue weighted by atomic mass is 14.7. The molecule has 0 aliphatic carbocycles. The number of hydrogen-bond donors (Lipinski definition) is 2. The third kappa shape index (κ3) is 6.12. The number of hydrogen-bond acceptors (Lipinski definition) is 0. The molecule has 0 amide bonds. The molecule has 16 heavy (non-hydrogen) atoms. The number of aromatic amines is 2. The third-order valence-electron chi connectivity index (χ3n) is 1.96. The van der Waals surface area contributed by atoms with Crippen LogP contribution in [0.1, 0.15) is 36.6 Å². The second kappa shape index (κ2) is 7.80. The van der Waals surface area contributed by atoms with E-state index in [1.54, 1.807) is 0 Å². The number of H-pyrrole nitrogens is 2. The van der Waals surface area contributed by atoms with Crippen molar-refractivity contribution in [2.45, 2.75) is 41.5 Å². The Balaban J connectivity index is 0.000000244. The first-order valence-electron chi connectivity index (χ1n) is 5.82. The standard InChI is InChI=1S/2C6H9N.C2H6/c2*1-5-3-4-6(2)7-5;1-2/h2*3-4,7H,1-2H3;1-2H3. The molecule has 0 unspecified atom stereocenters. The van der Waals surface area contributed by atoms with Crippen LogP contribution in [-0.2, 0) is 0 Å². The zero-order valence-corrected chi connectivity index (χ0v) is 11.3. The van der Waals surface area contributed by atoms with Crippen molar-refractivity contribution in [3.63, 3.8) is 0 Å². The molecule has 0 aliphatic heterocycles. The molecule has 2 N–H and O–H groups in total. The SMILES string of the molecule is CC.Cc1ccc(C)[nH]1.Cc1ccc(C)[nH]1. The summed E-state index contributed by atoms with van der Waals surface area (Å²) in [6, 6.07) is 8.26. The fourth-order valence-corrected chi connectivity index (χ4v) is 1.29. The molecule has 0 aromatic carbocycles. The Morgan fingerprint density at radius 3 is 0.812 bits per heavy atom. The lowest BCUT2D eigenvalue weighted by Gasteiger charge is -1.77. The smallest absolute Gasteiger partial charge is 0.0117 e. The van der Waals surface area contributed by atoms with Crippen molar-refractivity contribution in [2.24, 2.45) is 0 Å². The molecule has 0 saturated heterocycles. The maximum absolute atomic E-state index is 3.14. The molecule has 0 fully saturated rings. The van der Waals surface area contributed by atoms with Crippen LogP contribution in [-0.4, -0.2) is 9.97 Å². The van der Waals surface area contributed by atoms with Crippen LogP contribution in [0.5, 0.6) is 0 Å². The van der Waals surface area contributed by atoms with Gasteiger partial charge < -0.3 is 9.97 Å². The van der Waals surface area contributed by atoms with E-state index in [9.17, 15) is 0 Å². The van der Waals surface area contributed by atoms with Crippen LogP contribution >= 0.6 is 0 Å². The van der Waals surface area contributed by atoms with Crippen molar-refractivity contribution in [2.75, 3.05) is 0 Å². The zero-order chi connectivity index (χ0) is 12.6. The van der Waals surface area contributed by atoms with Crippen molar-refractivity contribution >= 4 is 0 Å². The third-order valence-corrected chi connectivity index (χ3v) is 1.96. The van der Waals surface area contributed by atoms with Gasteiger partial charge in [-0.3, -0.25) is 0 Å². The molecule has 2 aromatic heterocycles. The first kappa shape index (κ1) is 14.6. The van der Waals surface area contributed by atoms with Gasteiger partial charge in [0, 0.05) is 22.8 Å². The summed E-state index contributed by atoms with van der Waals surface area (Å²) in [4.78, 5) is 6.28. The van der Waals surface area contributed by atoms with Gasteiger partial charge in [-0.05, 0) is 52.0 Å². The van der Waals surface area contributed by atoms with Gasteiger partial charge in [0.25, 0.3) is 0 Å². The molecule has 2 aromatic rings. The van der Waals surface area contributed by atoms with Crippen molar-refractivity contribution in [1.29, 1.82) is 0 Å². The van der Waals surface area contributed by atoms with E-state index in [0.29, 0.717) is 0 Å². The minimum Gasteiger partial charge on any atom is -0.363 e. The van der Waals surface area contributed by atoms with E-state index in [-0.39, 0.29) is 0 Å². The summed E-state index contributed by atoms with van der Waals surface area (Å²) in [5.41, 5.74) is 4.94. The average Bonchev–Trinajstić information content (AvgIpc) is 2.80. The van der Waals surface area contributed by atoms with Crippen LogP contribution in [0.4, 0.5) is 0 Å². The number of rotatable bonds is 0. The van der Waals surface area contributed by atoms with Crippen molar-refractivity contribution < 1.29 is 0 Å². The van der Waals surface area contributed by atoms with Crippen LogP contribution < -0.4 is 0 Å². The van der Waals surface area contributed by atoms with Crippen LogP contribution in [0.3, 0.4) is 0 Å². The predicted molar refractivity (Wildman–Crippen MR) is 71.9 cm³/mol. The van der Waals surface area contributed by atoms with Gasteiger partial charge in [0.2, 0.25) is 0 Å². The minimum absolute atomic E-state index is 1.23. The first-order valence-corrected chi connectivity index (χ1v) is 5.82. The number of aryl methyl sites for hydroxylation is 4. The van der Waals surface area contributed by atoms with Gasteiger partial charge >= 0.3 is 0 Å². The second-order valence-corrected chi connectivity index (χ2v) is 3.65. The highest BCUT2D eigenvalue weighted by molar-refractivity contribution is 5.09. The van der Waals surface area contributed by atoms with Crippen LogP contribution in [0.2, 0.25) is 0 Å². The van der Waals surface area contributed by atoms with E-state index in [1.807, 2.05) is 41.5 Å². The molecule has 2 heterocycles. The molecular weight excluding hydrogens is 196 g/mol. The van der Waals surface area contributed by atoms with Gasteiger partial charge in [-0.25, -0.2) is 0 Å². The molecule has 0 radical (unpaired) electrons. The van der Waals surface area contributed by atoms with Gasteiger partial charge in [-0.2, -0.15) is 0 Å². The summed E-state index contributed by atoms with van der Waals surface area (Å²) in [6.45, 7) is 12.2. The Bertz CT molecular complexity index is 312. The molecule has 2 heteroatoms. The van der Waals surface area contributed by atoms with Gasteiger partial charge in [0.15, 0.2) is 0 Å². The monoisotopic (exact) mass is 220 g/mol. The average molecular weight is 220 g/mol. The first-order chi connectivity index (χ1) is 7.58. The minimum atomic E-state index is 1.23. The fourth-order valence-electron chi connectivity index (χ4n) is 1.29. The van der Waals surface area contributed by atoms with E-state index in [2.05, 4.69) is 34.2 Å². The maximum atomic E-state index is 3.14. The Labute approximate surface area is 99.1 Å². The zero-order valence-electron chi connectivity index (χ0n) is 11.3. The van der Waals surface area contributed by atoms with Crippen molar-refractivity contribution in [3.8, 4) is 0 Å². The molecule has 2 rings (SSSR count). The van der Waals surface area contributed by atoms with Gasteiger partial charge in [-0.1, -0.05) is 13.8 Å². The van der Waals surface area contributed by atoms with E-state index in [4.69, 9.17) is 0 Å². The summed E-state index contributed by atoms with van der Waals surface area (Å²) >= 11 is 0. The quantitative estimate of drug-likeness (QED) is 0.664. The summed E-state index contributed by atoms with van der Waals surface area (Å²) in [6.07, 6.45) is 0.